The Hall–Kier alpha value is -3.37. The predicted octanol–water partition coefficient (Wildman–Crippen LogP) is 11.5. The van der Waals surface area contributed by atoms with Crippen LogP contribution in [0.5, 0.6) is 0 Å². The van der Waals surface area contributed by atoms with E-state index in [0.29, 0.717) is 30.3 Å². The molecule has 0 saturated carbocycles. The number of nitrogens with zero attached hydrogens (tertiary/aromatic N) is 1. The third-order valence-corrected chi connectivity index (χ3v) is 10.2. The molecular weight excluding hydrogens is 790 g/mol. The first-order chi connectivity index (χ1) is 29.5. The summed E-state index contributed by atoms with van der Waals surface area (Å²) in [6, 6.07) is 0. The van der Waals surface area contributed by atoms with Crippen LogP contribution in [0.3, 0.4) is 0 Å². The Bertz CT molecular complexity index is 1470. The lowest BCUT2D eigenvalue weighted by Crippen LogP contribution is -2.37. The number of likely N-dealkylation sites (N-methyl/N-ethyl adjacent to an activating group) is 1. The molecule has 0 bridgehead atoms. The van der Waals surface area contributed by atoms with Gasteiger partial charge >= 0.3 is 11.9 Å². The van der Waals surface area contributed by atoms with Crippen LogP contribution >= 0.6 is 7.82 Å². The molecule has 61 heavy (non-hydrogen) atoms. The van der Waals surface area contributed by atoms with Crippen LogP contribution in [0.4, 0.5) is 0 Å². The van der Waals surface area contributed by atoms with Crippen LogP contribution in [0.2, 0.25) is 0 Å². The number of carbonyl (C=O) groups excluding carboxylic acids is 2. The molecular formula is C50H80NO9P. The highest BCUT2D eigenvalue weighted by atomic mass is 31.2. The van der Waals surface area contributed by atoms with Crippen molar-refractivity contribution in [1.29, 1.82) is 0 Å². The number of quaternary nitrogens is 1. The van der Waals surface area contributed by atoms with Crippen LogP contribution in [-0.4, -0.2) is 82.2 Å². The van der Waals surface area contributed by atoms with Crippen LogP contribution < -0.4 is 4.89 Å². The SMILES string of the molecule is CC/C=C\C/C=C\C/C=C\C/C=C\C/C=C\C/C=C\CCC(=O)OC[C@H](COP(=O)([O-])OCC[N+](C)(C)C)OC(=O)CCCC1OC1C/C=C\C/C=C\C/C=C\CCCCC. The van der Waals surface area contributed by atoms with Gasteiger partial charge in [-0.2, -0.15) is 0 Å². The molecule has 11 heteroatoms. The number of phosphoric acid groups is 1. The summed E-state index contributed by atoms with van der Waals surface area (Å²) >= 11 is 0. The molecule has 0 N–H and O–H groups in total. The standard InChI is InChI=1S/C50H80NO9P/c1-6-8-10-12-14-16-18-20-21-22-23-24-25-26-28-30-32-34-36-40-49(52)56-44-46(45-58-61(54,55)57-43-42-51(3,4)5)59-50(53)41-37-39-48-47(60-48)38-35-33-31-29-27-19-17-15-13-11-9-7-2/h8,10,14-17,20-21,23-24,26-29,32-35,46-48H,6-7,9,11-13,18-19,22,25,30-31,36-45H2,1-5H3/b10-8-,16-14-,17-15-,21-20-,24-23-,28-26-,29-27-,34-32-,35-33-/t46-,47?,48?/m1/s1. The minimum absolute atomic E-state index is 0.0630. The van der Waals surface area contributed by atoms with Crippen molar-refractivity contribution < 1.29 is 46.8 Å². The van der Waals surface area contributed by atoms with Gasteiger partial charge in [-0.3, -0.25) is 14.2 Å². The highest BCUT2D eigenvalue weighted by Crippen LogP contribution is 2.38. The molecule has 0 aliphatic carbocycles. The van der Waals surface area contributed by atoms with Gasteiger partial charge in [0, 0.05) is 12.8 Å². The van der Waals surface area contributed by atoms with E-state index in [9.17, 15) is 19.0 Å². The number of epoxide rings is 1. The molecule has 1 heterocycles. The first-order valence-corrected chi connectivity index (χ1v) is 24.2. The Balaban J connectivity index is 2.40. The smallest absolute Gasteiger partial charge is 0.306 e. The summed E-state index contributed by atoms with van der Waals surface area (Å²) < 4.78 is 39.6. The summed E-state index contributed by atoms with van der Waals surface area (Å²) in [5.74, 6) is -1.02. The molecule has 0 spiro atoms. The molecule has 0 aromatic rings. The number of phosphoric ester groups is 1. The lowest BCUT2D eigenvalue weighted by molar-refractivity contribution is -0.870. The van der Waals surface area contributed by atoms with Gasteiger partial charge in [-0.15, -0.1) is 0 Å². The van der Waals surface area contributed by atoms with E-state index < -0.39 is 32.5 Å². The van der Waals surface area contributed by atoms with Gasteiger partial charge in [-0.05, 0) is 89.9 Å². The number of hydrogen-bond acceptors (Lipinski definition) is 9. The molecule has 0 radical (unpaired) electrons. The summed E-state index contributed by atoms with van der Waals surface area (Å²) in [5, 5.41) is 0. The molecule has 0 aromatic carbocycles. The number of rotatable bonds is 38. The van der Waals surface area contributed by atoms with Gasteiger partial charge in [-0.25, -0.2) is 0 Å². The van der Waals surface area contributed by atoms with Crippen molar-refractivity contribution in [3.63, 3.8) is 0 Å². The highest BCUT2D eigenvalue weighted by Gasteiger charge is 2.36. The van der Waals surface area contributed by atoms with Crippen molar-refractivity contribution in [3.05, 3.63) is 109 Å². The van der Waals surface area contributed by atoms with Crippen molar-refractivity contribution in [2.24, 2.45) is 0 Å². The van der Waals surface area contributed by atoms with Crippen LogP contribution in [-0.2, 0) is 37.4 Å². The van der Waals surface area contributed by atoms with E-state index >= 15 is 0 Å². The van der Waals surface area contributed by atoms with Crippen molar-refractivity contribution >= 4 is 19.8 Å². The average Bonchev–Trinajstić information content (AvgIpc) is 3.97. The van der Waals surface area contributed by atoms with Gasteiger partial charge in [0.2, 0.25) is 0 Å². The quantitative estimate of drug-likeness (QED) is 0.0149. The Kier molecular flexibility index (Phi) is 33.9. The fourth-order valence-electron chi connectivity index (χ4n) is 5.59. The monoisotopic (exact) mass is 870 g/mol. The van der Waals surface area contributed by atoms with Gasteiger partial charge in [-0.1, -0.05) is 136 Å². The Morgan fingerprint density at radius 3 is 1.69 bits per heavy atom. The molecule has 10 nitrogen and oxygen atoms in total. The van der Waals surface area contributed by atoms with Crippen LogP contribution in [0.25, 0.3) is 0 Å². The number of esters is 2. The molecule has 344 valence electrons. The van der Waals surface area contributed by atoms with Crippen LogP contribution in [0.15, 0.2) is 109 Å². The zero-order chi connectivity index (χ0) is 44.7. The maximum Gasteiger partial charge on any atom is 0.306 e. The van der Waals surface area contributed by atoms with E-state index in [2.05, 4.69) is 111 Å². The number of carbonyl (C=O) groups is 2. The minimum atomic E-state index is -4.68. The van der Waals surface area contributed by atoms with Gasteiger partial charge in [0.1, 0.15) is 19.8 Å². The number of allylic oxidation sites excluding steroid dienone is 17. The van der Waals surface area contributed by atoms with Crippen molar-refractivity contribution in [2.45, 2.75) is 148 Å². The van der Waals surface area contributed by atoms with Crippen LogP contribution in [0.1, 0.15) is 129 Å². The van der Waals surface area contributed by atoms with E-state index in [1.807, 2.05) is 33.3 Å². The third kappa shape index (κ3) is 38.1. The second-order valence-corrected chi connectivity index (χ2v) is 17.5. The van der Waals surface area contributed by atoms with Crippen molar-refractivity contribution in [2.75, 3.05) is 47.5 Å². The zero-order valence-corrected chi connectivity index (χ0v) is 39.1. The average molecular weight is 870 g/mol. The summed E-state index contributed by atoms with van der Waals surface area (Å²) in [5.41, 5.74) is 0. The predicted molar refractivity (Wildman–Crippen MR) is 249 cm³/mol. The van der Waals surface area contributed by atoms with E-state index in [1.54, 1.807) is 0 Å². The molecule has 1 rings (SSSR count). The lowest BCUT2D eigenvalue weighted by atomic mass is 10.1. The molecule has 4 atom stereocenters. The summed E-state index contributed by atoms with van der Waals surface area (Å²) in [6.45, 7) is 3.88. The molecule has 0 amide bonds. The molecule has 1 fully saturated rings. The lowest BCUT2D eigenvalue weighted by Gasteiger charge is -2.28. The zero-order valence-electron chi connectivity index (χ0n) is 38.2. The van der Waals surface area contributed by atoms with Crippen LogP contribution in [0, 0.1) is 0 Å². The maximum atomic E-state index is 12.8. The fraction of sp³-hybridized carbons (Fsp3) is 0.600. The largest absolute Gasteiger partial charge is 0.756 e. The maximum absolute atomic E-state index is 12.8. The highest BCUT2D eigenvalue weighted by molar-refractivity contribution is 7.45. The van der Waals surface area contributed by atoms with Gasteiger partial charge in [0.05, 0.1) is 40.0 Å². The normalized spacial score (nSPS) is 17.9. The molecule has 1 saturated heterocycles. The van der Waals surface area contributed by atoms with Gasteiger partial charge < -0.3 is 32.6 Å². The first kappa shape index (κ1) is 55.6. The van der Waals surface area contributed by atoms with Crippen molar-refractivity contribution in [3.8, 4) is 0 Å². The number of unbranched alkanes of at least 4 members (excludes halogenated alkanes) is 3. The molecule has 1 aliphatic rings. The van der Waals surface area contributed by atoms with E-state index in [1.165, 1.54) is 19.3 Å². The number of hydrogen-bond donors (Lipinski definition) is 0. The van der Waals surface area contributed by atoms with Gasteiger partial charge in [0.25, 0.3) is 7.82 Å². The van der Waals surface area contributed by atoms with Gasteiger partial charge in [0.15, 0.2) is 6.10 Å². The molecule has 1 aliphatic heterocycles. The third-order valence-electron chi connectivity index (χ3n) is 9.21. The van der Waals surface area contributed by atoms with Crippen molar-refractivity contribution in [1.82, 2.24) is 0 Å². The molecule has 0 aromatic heterocycles. The Labute approximate surface area is 370 Å². The Morgan fingerprint density at radius 2 is 1.15 bits per heavy atom. The summed E-state index contributed by atoms with van der Waals surface area (Å²) in [4.78, 5) is 37.7. The minimum Gasteiger partial charge on any atom is -0.756 e. The second kappa shape index (κ2) is 37.2. The summed E-state index contributed by atoms with van der Waals surface area (Å²) in [7, 11) is 1.06. The first-order valence-electron chi connectivity index (χ1n) is 22.7. The van der Waals surface area contributed by atoms with E-state index in [4.69, 9.17) is 23.3 Å². The topological polar surface area (TPSA) is 124 Å². The molecule has 3 unspecified atom stereocenters. The van der Waals surface area contributed by atoms with E-state index in [0.717, 1.165) is 64.2 Å². The van der Waals surface area contributed by atoms with E-state index in [-0.39, 0.29) is 38.3 Å². The second-order valence-electron chi connectivity index (χ2n) is 16.1. The Morgan fingerprint density at radius 1 is 0.623 bits per heavy atom. The summed E-state index contributed by atoms with van der Waals surface area (Å²) in [6.07, 6.45) is 52.9. The fourth-order valence-corrected chi connectivity index (χ4v) is 6.32. The number of ether oxygens (including phenoxy) is 3.